The fourth-order valence-corrected chi connectivity index (χ4v) is 5.99. The molecule has 0 bridgehead atoms. The maximum atomic E-state index is 13.8. The van der Waals surface area contributed by atoms with Gasteiger partial charge in [-0.15, -0.1) is 0 Å². The zero-order valence-corrected chi connectivity index (χ0v) is 20.1. The summed E-state index contributed by atoms with van der Waals surface area (Å²) >= 11 is 0. The average Bonchev–Trinajstić information content (AvgIpc) is 2.98. The van der Waals surface area contributed by atoms with Gasteiger partial charge in [0.2, 0.25) is 5.43 Å². The summed E-state index contributed by atoms with van der Waals surface area (Å²) in [6.07, 6.45) is 2.51. The monoisotopic (exact) mass is 468 g/mol. The molecule has 7 heteroatoms. The third-order valence-electron chi connectivity index (χ3n) is 7.38. The molecule has 0 spiro atoms. The van der Waals surface area contributed by atoms with Gasteiger partial charge in [0, 0.05) is 56.2 Å². The zero-order valence-electron chi connectivity index (χ0n) is 20.1. The number of anilines is 2. The molecule has 35 heavy (non-hydrogen) atoms. The van der Waals surface area contributed by atoms with Gasteiger partial charge in [-0.05, 0) is 36.6 Å². The van der Waals surface area contributed by atoms with Crippen LogP contribution in [0.15, 0.2) is 27.3 Å². The predicted molar refractivity (Wildman–Crippen MR) is 142 cm³/mol. The molecule has 7 nitrogen and oxygen atoms in total. The maximum Gasteiger partial charge on any atom is 0.230 e. The van der Waals surface area contributed by atoms with Crippen LogP contribution in [0.3, 0.4) is 0 Å². The van der Waals surface area contributed by atoms with Crippen molar-refractivity contribution in [2.75, 3.05) is 32.8 Å². The van der Waals surface area contributed by atoms with Gasteiger partial charge in [0.25, 0.3) is 0 Å². The van der Waals surface area contributed by atoms with E-state index in [0.29, 0.717) is 67.2 Å². The summed E-state index contributed by atoms with van der Waals surface area (Å²) in [5.74, 6) is 1.23. The highest BCUT2D eigenvalue weighted by Crippen LogP contribution is 2.52. The van der Waals surface area contributed by atoms with Crippen LogP contribution in [0, 0.1) is 6.92 Å². The lowest BCUT2D eigenvalue weighted by Gasteiger charge is -2.23. The van der Waals surface area contributed by atoms with Gasteiger partial charge in [-0.2, -0.15) is 0 Å². The summed E-state index contributed by atoms with van der Waals surface area (Å²) in [6.45, 7) is 3.80. The van der Waals surface area contributed by atoms with Crippen LogP contribution in [0.2, 0.25) is 0 Å². The largest absolute Gasteiger partial charge is 0.496 e. The Morgan fingerprint density at radius 1 is 0.686 bits per heavy atom. The third-order valence-corrected chi connectivity index (χ3v) is 7.38. The molecule has 0 aromatic heterocycles. The van der Waals surface area contributed by atoms with Gasteiger partial charge in [0.1, 0.15) is 11.5 Å². The molecule has 0 amide bonds. The Morgan fingerprint density at radius 3 is 1.77 bits per heavy atom. The van der Waals surface area contributed by atoms with Crippen molar-refractivity contribution in [1.29, 1.82) is 0 Å². The number of nitrogen functional groups attached to an aromatic ring is 2. The van der Waals surface area contributed by atoms with Gasteiger partial charge in [-0.3, -0.25) is 9.59 Å². The number of hydrogen-bond acceptors (Lipinski definition) is 7. The molecule has 176 valence electrons. The minimum absolute atomic E-state index is 0.130. The number of benzene rings is 5. The fourth-order valence-electron chi connectivity index (χ4n) is 5.99. The van der Waals surface area contributed by atoms with Crippen LogP contribution in [0.5, 0.6) is 17.2 Å². The van der Waals surface area contributed by atoms with Crippen LogP contribution in [0.4, 0.5) is 11.4 Å². The first-order chi connectivity index (χ1) is 16.7. The molecule has 4 N–H and O–H groups in total. The van der Waals surface area contributed by atoms with E-state index in [2.05, 4.69) is 0 Å². The first-order valence-electron chi connectivity index (χ1n) is 11.3. The molecule has 0 unspecified atom stereocenters. The number of allylic oxidation sites excluding steroid dienone is 1. The van der Waals surface area contributed by atoms with Crippen molar-refractivity contribution in [3.63, 3.8) is 0 Å². The van der Waals surface area contributed by atoms with Crippen LogP contribution in [0.25, 0.3) is 49.2 Å². The SMILES string of the molecule is COc1c2c3c4c(c(C)c(=O)c5c(N)cc(OC)c(c6c(OC)cc(N)c(c1=O)c63)c54)C=C(C)C2. The van der Waals surface area contributed by atoms with Crippen molar-refractivity contribution in [1.82, 2.24) is 0 Å². The lowest BCUT2D eigenvalue weighted by Crippen LogP contribution is -2.14. The van der Waals surface area contributed by atoms with E-state index in [0.717, 1.165) is 27.5 Å². The van der Waals surface area contributed by atoms with E-state index in [1.54, 1.807) is 26.4 Å². The van der Waals surface area contributed by atoms with Crippen LogP contribution < -0.4 is 36.5 Å². The number of rotatable bonds is 3. The van der Waals surface area contributed by atoms with E-state index >= 15 is 0 Å². The molecule has 5 aromatic carbocycles. The summed E-state index contributed by atoms with van der Waals surface area (Å²) in [5.41, 5.74) is 16.3. The third kappa shape index (κ3) is 2.40. The number of nitrogens with two attached hydrogens (primary N) is 2. The summed E-state index contributed by atoms with van der Waals surface area (Å²) in [6, 6.07) is 3.31. The Bertz CT molecular complexity index is 1910. The predicted octanol–water partition coefficient (Wildman–Crippen LogP) is 4.35. The molecule has 5 aromatic rings. The second kappa shape index (κ2) is 6.88. The van der Waals surface area contributed by atoms with E-state index in [4.69, 9.17) is 25.7 Å². The Morgan fingerprint density at radius 2 is 1.23 bits per heavy atom. The smallest absolute Gasteiger partial charge is 0.230 e. The molecule has 0 heterocycles. The summed E-state index contributed by atoms with van der Waals surface area (Å²) in [4.78, 5) is 27.4. The first-order valence-corrected chi connectivity index (χ1v) is 11.3. The standard InChI is InChI=1S/C28H24N2O5/c1-10-6-12-11(2)26(31)20-14(29)8-16(33-3)22-23-17(34-4)9-15(30)21-25(23)19(18(12)24(20)22)13(7-10)28(35-5)27(21)32/h6,8-9H,7,29-30H2,1-5H3. The Balaban J connectivity index is 2.20. The molecule has 0 fully saturated rings. The normalized spacial score (nSPS) is 13.2. The first kappa shape index (κ1) is 21.3. The molecule has 0 saturated carbocycles. The number of methoxy groups -OCH3 is 3. The lowest BCUT2D eigenvalue weighted by molar-refractivity contribution is 0.408. The summed E-state index contributed by atoms with van der Waals surface area (Å²) in [5, 5.41) is 5.17. The van der Waals surface area contributed by atoms with E-state index < -0.39 is 0 Å². The second-order valence-corrected chi connectivity index (χ2v) is 9.21. The summed E-state index contributed by atoms with van der Waals surface area (Å²) in [7, 11) is 4.61. The highest BCUT2D eigenvalue weighted by atomic mass is 16.5. The van der Waals surface area contributed by atoms with Crippen LogP contribution in [-0.4, -0.2) is 21.3 Å². The van der Waals surface area contributed by atoms with Crippen molar-refractivity contribution in [3.05, 3.63) is 54.8 Å². The molecule has 1 aliphatic carbocycles. The van der Waals surface area contributed by atoms with Gasteiger partial charge >= 0.3 is 0 Å². The lowest BCUT2D eigenvalue weighted by atomic mass is 9.83. The Labute approximate surface area is 200 Å². The minimum Gasteiger partial charge on any atom is -0.496 e. The molecule has 0 aliphatic heterocycles. The van der Waals surface area contributed by atoms with Crippen molar-refractivity contribution in [2.45, 2.75) is 20.3 Å². The summed E-state index contributed by atoms with van der Waals surface area (Å²) < 4.78 is 17.3. The Kier molecular flexibility index (Phi) is 4.19. The Hall–Kier alpha value is -4.26. The van der Waals surface area contributed by atoms with Gasteiger partial charge in [-0.25, -0.2) is 0 Å². The topological polar surface area (TPSA) is 114 Å². The quantitative estimate of drug-likeness (QED) is 0.230. The highest BCUT2D eigenvalue weighted by Gasteiger charge is 2.31. The van der Waals surface area contributed by atoms with E-state index in [1.807, 2.05) is 19.9 Å². The molecular formula is C28H24N2O5. The number of ether oxygens (including phenoxy) is 3. The van der Waals surface area contributed by atoms with Gasteiger partial charge in [0.05, 0.1) is 32.1 Å². The van der Waals surface area contributed by atoms with Crippen molar-refractivity contribution in [3.8, 4) is 17.2 Å². The van der Waals surface area contributed by atoms with E-state index in [-0.39, 0.29) is 16.6 Å². The van der Waals surface area contributed by atoms with Crippen LogP contribution in [0.1, 0.15) is 23.6 Å². The maximum absolute atomic E-state index is 13.8. The van der Waals surface area contributed by atoms with Crippen molar-refractivity contribution < 1.29 is 14.2 Å². The molecular weight excluding hydrogens is 444 g/mol. The van der Waals surface area contributed by atoms with Gasteiger partial charge < -0.3 is 25.7 Å². The fraction of sp³-hybridized carbons (Fsp3) is 0.214. The molecule has 6 rings (SSSR count). The minimum atomic E-state index is -0.273. The van der Waals surface area contributed by atoms with E-state index in [9.17, 15) is 9.59 Å². The molecule has 0 atom stereocenters. The molecule has 1 aliphatic rings. The van der Waals surface area contributed by atoms with Crippen molar-refractivity contribution in [2.24, 2.45) is 0 Å². The van der Waals surface area contributed by atoms with Gasteiger partial charge in [0.15, 0.2) is 11.2 Å². The number of fused-ring (bicyclic) bond motifs is 1. The van der Waals surface area contributed by atoms with Crippen LogP contribution in [-0.2, 0) is 6.42 Å². The number of hydrogen-bond donors (Lipinski definition) is 2. The van der Waals surface area contributed by atoms with Crippen LogP contribution >= 0.6 is 0 Å². The second-order valence-electron chi connectivity index (χ2n) is 9.21. The van der Waals surface area contributed by atoms with Crippen molar-refractivity contribution >= 4 is 60.5 Å². The highest BCUT2D eigenvalue weighted by molar-refractivity contribution is 6.39. The average molecular weight is 469 g/mol. The van der Waals surface area contributed by atoms with Gasteiger partial charge in [-0.1, -0.05) is 11.6 Å². The zero-order chi connectivity index (χ0) is 24.9. The van der Waals surface area contributed by atoms with E-state index in [1.165, 1.54) is 7.11 Å². The molecule has 0 saturated heterocycles. The molecule has 0 radical (unpaired) electrons.